The molecule has 1 aliphatic rings. The Morgan fingerprint density at radius 1 is 1.57 bits per heavy atom. The predicted octanol–water partition coefficient (Wildman–Crippen LogP) is 0.145. The van der Waals surface area contributed by atoms with E-state index in [-0.39, 0.29) is 24.1 Å². The third-order valence-electron chi connectivity index (χ3n) is 2.79. The van der Waals surface area contributed by atoms with E-state index in [1.54, 1.807) is 6.92 Å². The van der Waals surface area contributed by atoms with Crippen molar-refractivity contribution >= 4 is 5.91 Å². The van der Waals surface area contributed by atoms with Gasteiger partial charge in [-0.3, -0.25) is 4.79 Å². The van der Waals surface area contributed by atoms with Crippen molar-refractivity contribution in [1.29, 1.82) is 0 Å². The highest BCUT2D eigenvalue weighted by Gasteiger charge is 2.31. The molecule has 1 aliphatic carbocycles. The summed E-state index contributed by atoms with van der Waals surface area (Å²) in [5, 5.41) is 11.5. The fraction of sp³-hybridized carbons (Fsp3) is 0.900. The molecule has 0 saturated heterocycles. The third kappa shape index (κ3) is 3.27. The average Bonchev–Trinajstić information content (AvgIpc) is 2.51. The second-order valence-corrected chi connectivity index (χ2v) is 4.40. The van der Waals surface area contributed by atoms with Crippen molar-refractivity contribution in [1.82, 2.24) is 5.32 Å². The number of carbonyl (C=O) groups is 1. The minimum atomic E-state index is -0.292. The minimum absolute atomic E-state index is 0.0245. The maximum Gasteiger partial charge on any atom is 0.222 e. The molecule has 82 valence electrons. The van der Waals surface area contributed by atoms with E-state index in [4.69, 9.17) is 10.8 Å². The Morgan fingerprint density at radius 3 is 2.64 bits per heavy atom. The summed E-state index contributed by atoms with van der Waals surface area (Å²) in [6.45, 7) is 1.75. The maximum absolute atomic E-state index is 11.5. The van der Waals surface area contributed by atoms with Gasteiger partial charge in [-0.15, -0.1) is 0 Å². The zero-order chi connectivity index (χ0) is 10.6. The molecule has 4 nitrogen and oxygen atoms in total. The van der Waals surface area contributed by atoms with E-state index in [1.165, 1.54) is 0 Å². The van der Waals surface area contributed by atoms with Crippen LogP contribution in [0, 0.1) is 0 Å². The normalized spacial score (nSPS) is 21.9. The Kier molecular flexibility index (Phi) is 3.89. The molecule has 1 rings (SSSR count). The minimum Gasteiger partial charge on any atom is -0.394 e. The quantitative estimate of drug-likeness (QED) is 0.604. The molecule has 0 aromatic heterocycles. The highest BCUT2D eigenvalue weighted by molar-refractivity contribution is 5.77. The van der Waals surface area contributed by atoms with Gasteiger partial charge in [0.05, 0.1) is 6.61 Å². The number of aliphatic hydroxyl groups is 1. The zero-order valence-corrected chi connectivity index (χ0v) is 8.75. The van der Waals surface area contributed by atoms with E-state index in [1.807, 2.05) is 0 Å². The Bertz CT molecular complexity index is 200. The van der Waals surface area contributed by atoms with Gasteiger partial charge in [0.25, 0.3) is 0 Å². The van der Waals surface area contributed by atoms with Crippen molar-refractivity contribution in [2.45, 2.75) is 50.6 Å². The van der Waals surface area contributed by atoms with Crippen LogP contribution in [0.2, 0.25) is 0 Å². The Balaban J connectivity index is 2.32. The number of nitrogens with one attached hydrogen (secondary N) is 1. The molecule has 4 N–H and O–H groups in total. The second-order valence-electron chi connectivity index (χ2n) is 4.40. The van der Waals surface area contributed by atoms with Crippen LogP contribution in [0.5, 0.6) is 0 Å². The second kappa shape index (κ2) is 4.75. The van der Waals surface area contributed by atoms with E-state index >= 15 is 0 Å². The largest absolute Gasteiger partial charge is 0.394 e. The van der Waals surface area contributed by atoms with E-state index < -0.39 is 0 Å². The molecular weight excluding hydrogens is 180 g/mol. The first kappa shape index (κ1) is 11.5. The van der Waals surface area contributed by atoms with Gasteiger partial charge in [-0.05, 0) is 19.8 Å². The standard InChI is InChI=1S/C10H20N2O2/c1-8(7-13)12-9(14)6-10(11)4-2-3-5-10/h8,13H,2-7,11H2,1H3,(H,12,14). The molecule has 1 fully saturated rings. The summed E-state index contributed by atoms with van der Waals surface area (Å²) in [6.07, 6.45) is 4.51. The lowest BCUT2D eigenvalue weighted by atomic mass is 9.94. The topological polar surface area (TPSA) is 75.3 Å². The van der Waals surface area contributed by atoms with Gasteiger partial charge in [0, 0.05) is 18.0 Å². The van der Waals surface area contributed by atoms with Crippen LogP contribution < -0.4 is 11.1 Å². The first-order valence-corrected chi connectivity index (χ1v) is 5.25. The molecule has 14 heavy (non-hydrogen) atoms. The number of carbonyl (C=O) groups excluding carboxylic acids is 1. The number of hydrogen-bond acceptors (Lipinski definition) is 3. The van der Waals surface area contributed by atoms with Crippen LogP contribution in [0.3, 0.4) is 0 Å². The molecular formula is C10H20N2O2. The molecule has 1 amide bonds. The lowest BCUT2D eigenvalue weighted by Crippen LogP contribution is -2.44. The summed E-state index contributed by atoms with van der Waals surface area (Å²) in [5.74, 6) is -0.0454. The van der Waals surface area contributed by atoms with E-state index in [2.05, 4.69) is 5.32 Å². The van der Waals surface area contributed by atoms with Gasteiger partial charge in [0.2, 0.25) is 5.91 Å². The van der Waals surface area contributed by atoms with Crippen LogP contribution in [-0.2, 0) is 4.79 Å². The maximum atomic E-state index is 11.5. The monoisotopic (exact) mass is 200 g/mol. The van der Waals surface area contributed by atoms with Crippen LogP contribution in [0.25, 0.3) is 0 Å². The Labute approximate surface area is 84.9 Å². The van der Waals surface area contributed by atoms with Crippen molar-refractivity contribution in [3.8, 4) is 0 Å². The molecule has 0 aromatic rings. The van der Waals surface area contributed by atoms with Crippen LogP contribution in [0.1, 0.15) is 39.0 Å². The SMILES string of the molecule is CC(CO)NC(=O)CC1(N)CCCC1. The summed E-state index contributed by atoms with van der Waals surface area (Å²) in [7, 11) is 0. The van der Waals surface area contributed by atoms with Gasteiger partial charge >= 0.3 is 0 Å². The fourth-order valence-corrected chi connectivity index (χ4v) is 1.95. The first-order valence-electron chi connectivity index (χ1n) is 5.25. The summed E-state index contributed by atoms with van der Waals surface area (Å²) in [5.41, 5.74) is 5.76. The van der Waals surface area contributed by atoms with E-state index in [0.29, 0.717) is 6.42 Å². The van der Waals surface area contributed by atoms with Gasteiger partial charge in [-0.2, -0.15) is 0 Å². The van der Waals surface area contributed by atoms with Crippen LogP contribution in [0.15, 0.2) is 0 Å². The highest BCUT2D eigenvalue weighted by atomic mass is 16.3. The zero-order valence-electron chi connectivity index (χ0n) is 8.75. The van der Waals surface area contributed by atoms with E-state index in [9.17, 15) is 4.79 Å². The third-order valence-corrected chi connectivity index (χ3v) is 2.79. The van der Waals surface area contributed by atoms with Crippen molar-refractivity contribution < 1.29 is 9.90 Å². The van der Waals surface area contributed by atoms with E-state index in [0.717, 1.165) is 25.7 Å². The average molecular weight is 200 g/mol. The Morgan fingerprint density at radius 2 is 2.14 bits per heavy atom. The molecule has 0 heterocycles. The van der Waals surface area contributed by atoms with Gasteiger partial charge in [-0.25, -0.2) is 0 Å². The van der Waals surface area contributed by atoms with Crippen molar-refractivity contribution in [3.63, 3.8) is 0 Å². The highest BCUT2D eigenvalue weighted by Crippen LogP contribution is 2.29. The summed E-state index contributed by atoms with van der Waals surface area (Å²) >= 11 is 0. The smallest absolute Gasteiger partial charge is 0.222 e. The molecule has 1 atom stereocenters. The van der Waals surface area contributed by atoms with Crippen molar-refractivity contribution in [2.75, 3.05) is 6.61 Å². The molecule has 0 aliphatic heterocycles. The lowest BCUT2D eigenvalue weighted by molar-refractivity contribution is -0.123. The summed E-state index contributed by atoms with van der Waals surface area (Å²) < 4.78 is 0. The first-order chi connectivity index (χ1) is 6.56. The molecule has 0 bridgehead atoms. The Hall–Kier alpha value is -0.610. The van der Waals surface area contributed by atoms with Gasteiger partial charge in [-0.1, -0.05) is 12.8 Å². The predicted molar refractivity (Wildman–Crippen MR) is 54.7 cm³/mol. The molecule has 1 saturated carbocycles. The molecule has 0 radical (unpaired) electrons. The lowest BCUT2D eigenvalue weighted by Gasteiger charge is -2.23. The van der Waals surface area contributed by atoms with Gasteiger partial charge in [0.1, 0.15) is 0 Å². The number of aliphatic hydroxyl groups excluding tert-OH is 1. The molecule has 4 heteroatoms. The van der Waals surface area contributed by atoms with Crippen molar-refractivity contribution in [3.05, 3.63) is 0 Å². The molecule has 1 unspecified atom stereocenters. The summed E-state index contributed by atoms with van der Waals surface area (Å²) in [4.78, 5) is 11.5. The van der Waals surface area contributed by atoms with Crippen molar-refractivity contribution in [2.24, 2.45) is 5.73 Å². The number of rotatable bonds is 4. The van der Waals surface area contributed by atoms with Gasteiger partial charge in [0.15, 0.2) is 0 Å². The number of hydrogen-bond donors (Lipinski definition) is 3. The number of amides is 1. The molecule has 0 spiro atoms. The van der Waals surface area contributed by atoms with Crippen LogP contribution >= 0.6 is 0 Å². The van der Waals surface area contributed by atoms with Crippen LogP contribution in [-0.4, -0.2) is 29.2 Å². The van der Waals surface area contributed by atoms with Gasteiger partial charge < -0.3 is 16.2 Å². The number of nitrogens with two attached hydrogens (primary N) is 1. The summed E-state index contributed by atoms with van der Waals surface area (Å²) in [6, 6.07) is -0.174. The fourth-order valence-electron chi connectivity index (χ4n) is 1.95. The molecule has 0 aromatic carbocycles. The van der Waals surface area contributed by atoms with Crippen LogP contribution in [0.4, 0.5) is 0 Å².